The van der Waals surface area contributed by atoms with Crippen LogP contribution in [-0.4, -0.2) is 24.4 Å². The number of nitrogens with zero attached hydrogens (tertiary/aromatic N) is 2. The molecular weight excluding hydrogens is 400 g/mol. The number of aromatic nitrogens is 2. The number of urea groups is 1. The first-order valence-corrected chi connectivity index (χ1v) is 10.6. The van der Waals surface area contributed by atoms with E-state index in [4.69, 9.17) is 0 Å². The highest BCUT2D eigenvalue weighted by Gasteiger charge is 2.21. The third-order valence-electron chi connectivity index (χ3n) is 4.48. The summed E-state index contributed by atoms with van der Waals surface area (Å²) in [6.45, 7) is 0.334. The molecule has 0 aliphatic carbocycles. The number of hydrogen-bond acceptors (Lipinski definition) is 5. The highest BCUT2D eigenvalue weighted by molar-refractivity contribution is 7.91. The second-order valence-corrected chi connectivity index (χ2v) is 8.45. The van der Waals surface area contributed by atoms with E-state index in [9.17, 15) is 13.2 Å². The quantitative estimate of drug-likeness (QED) is 0.514. The monoisotopic (exact) mass is 418 g/mol. The van der Waals surface area contributed by atoms with Gasteiger partial charge in [0.25, 0.3) is 0 Å². The molecule has 150 valence electrons. The number of benzene rings is 2. The Morgan fingerprint density at radius 3 is 2.43 bits per heavy atom. The zero-order chi connectivity index (χ0) is 21.0. The summed E-state index contributed by atoms with van der Waals surface area (Å²) in [6.07, 6.45) is 4.90. The predicted molar refractivity (Wildman–Crippen MR) is 114 cm³/mol. The SMILES string of the molecule is O=C(NCc1cccnc1)Nc1ccc(S(=O)(=O)c2cccc3cccnc23)cc1. The lowest BCUT2D eigenvalue weighted by Gasteiger charge is -2.10. The lowest BCUT2D eigenvalue weighted by molar-refractivity contribution is 0.251. The second-order valence-electron chi connectivity index (χ2n) is 6.53. The van der Waals surface area contributed by atoms with E-state index >= 15 is 0 Å². The fourth-order valence-corrected chi connectivity index (χ4v) is 4.43. The van der Waals surface area contributed by atoms with Crippen molar-refractivity contribution < 1.29 is 13.2 Å². The number of pyridine rings is 2. The summed E-state index contributed by atoms with van der Waals surface area (Å²) in [7, 11) is -3.75. The number of carbonyl (C=O) groups excluding carboxylic acids is 1. The Kier molecular flexibility index (Phi) is 5.40. The molecule has 0 unspecified atom stereocenters. The minimum absolute atomic E-state index is 0.127. The van der Waals surface area contributed by atoms with Gasteiger partial charge in [-0.15, -0.1) is 0 Å². The van der Waals surface area contributed by atoms with Gasteiger partial charge in [0.2, 0.25) is 9.84 Å². The van der Waals surface area contributed by atoms with Gasteiger partial charge < -0.3 is 10.6 Å². The van der Waals surface area contributed by atoms with Gasteiger partial charge in [-0.05, 0) is 48.0 Å². The molecule has 0 aliphatic rings. The smallest absolute Gasteiger partial charge is 0.319 e. The van der Waals surface area contributed by atoms with E-state index in [-0.39, 0.29) is 9.79 Å². The fraction of sp³-hybridized carbons (Fsp3) is 0.0455. The van der Waals surface area contributed by atoms with Gasteiger partial charge in [-0.3, -0.25) is 9.97 Å². The molecule has 0 radical (unpaired) electrons. The summed E-state index contributed by atoms with van der Waals surface area (Å²) in [5.74, 6) is 0. The van der Waals surface area contributed by atoms with E-state index in [1.54, 1.807) is 55.0 Å². The first kappa shape index (κ1) is 19.5. The minimum atomic E-state index is -3.75. The van der Waals surface area contributed by atoms with Crippen molar-refractivity contribution in [1.29, 1.82) is 0 Å². The summed E-state index contributed by atoms with van der Waals surface area (Å²) >= 11 is 0. The number of rotatable bonds is 5. The van der Waals surface area contributed by atoms with Crippen LogP contribution in [0.4, 0.5) is 10.5 Å². The van der Waals surface area contributed by atoms with Crippen LogP contribution in [-0.2, 0) is 16.4 Å². The van der Waals surface area contributed by atoms with Crippen LogP contribution in [0.5, 0.6) is 0 Å². The molecule has 4 rings (SSSR count). The van der Waals surface area contributed by atoms with Crippen LogP contribution in [0.15, 0.2) is 95.1 Å². The number of sulfone groups is 1. The van der Waals surface area contributed by atoms with Crippen molar-refractivity contribution in [1.82, 2.24) is 15.3 Å². The Bertz CT molecular complexity index is 1290. The fourth-order valence-electron chi connectivity index (χ4n) is 3.00. The van der Waals surface area contributed by atoms with Gasteiger partial charge in [0, 0.05) is 36.2 Å². The zero-order valence-electron chi connectivity index (χ0n) is 15.8. The van der Waals surface area contributed by atoms with E-state index in [0.717, 1.165) is 10.9 Å². The Balaban J connectivity index is 1.49. The molecule has 30 heavy (non-hydrogen) atoms. The molecule has 8 heteroatoms. The molecule has 0 spiro atoms. The summed E-state index contributed by atoms with van der Waals surface area (Å²) in [5, 5.41) is 6.16. The first-order valence-electron chi connectivity index (χ1n) is 9.17. The summed E-state index contributed by atoms with van der Waals surface area (Å²) < 4.78 is 26.2. The van der Waals surface area contributed by atoms with Gasteiger partial charge in [-0.1, -0.05) is 24.3 Å². The van der Waals surface area contributed by atoms with Gasteiger partial charge in [0.15, 0.2) is 0 Å². The predicted octanol–water partition coefficient (Wildman–Crippen LogP) is 3.78. The number of hydrogen-bond donors (Lipinski definition) is 2. The lowest BCUT2D eigenvalue weighted by Crippen LogP contribution is -2.28. The molecule has 4 aromatic rings. The average molecular weight is 418 g/mol. The molecule has 2 amide bonds. The van der Waals surface area contributed by atoms with Crippen LogP contribution < -0.4 is 10.6 Å². The molecule has 0 saturated carbocycles. The molecule has 2 heterocycles. The summed E-state index contributed by atoms with van der Waals surface area (Å²) in [5.41, 5.74) is 1.78. The van der Waals surface area contributed by atoms with Gasteiger partial charge in [-0.25, -0.2) is 13.2 Å². The van der Waals surface area contributed by atoms with Crippen molar-refractivity contribution in [2.24, 2.45) is 0 Å². The zero-order valence-corrected chi connectivity index (χ0v) is 16.6. The number of anilines is 1. The first-order chi connectivity index (χ1) is 14.5. The number of carbonyl (C=O) groups is 1. The molecule has 0 fully saturated rings. The maximum atomic E-state index is 13.1. The Morgan fingerprint density at radius 1 is 0.900 bits per heavy atom. The van der Waals surface area contributed by atoms with E-state index in [1.165, 1.54) is 12.1 Å². The van der Waals surface area contributed by atoms with E-state index in [2.05, 4.69) is 20.6 Å². The Labute approximate surface area is 173 Å². The third-order valence-corrected chi connectivity index (χ3v) is 6.28. The number of nitrogens with one attached hydrogen (secondary N) is 2. The van der Waals surface area contributed by atoms with Crippen molar-refractivity contribution in [3.8, 4) is 0 Å². The molecule has 0 aliphatic heterocycles. The highest BCUT2D eigenvalue weighted by atomic mass is 32.2. The maximum Gasteiger partial charge on any atom is 0.319 e. The summed E-state index contributed by atoms with van der Waals surface area (Å²) in [6, 6.07) is 17.9. The average Bonchev–Trinajstić information content (AvgIpc) is 2.78. The molecule has 2 N–H and O–H groups in total. The maximum absolute atomic E-state index is 13.1. The molecule has 0 atom stereocenters. The second kappa shape index (κ2) is 8.30. The van der Waals surface area contributed by atoms with Gasteiger partial charge >= 0.3 is 6.03 Å². The normalized spacial score (nSPS) is 11.2. The Hall–Kier alpha value is -3.78. The largest absolute Gasteiger partial charge is 0.334 e. The Morgan fingerprint density at radius 2 is 1.67 bits per heavy atom. The van der Waals surface area contributed by atoms with Crippen molar-refractivity contribution in [3.63, 3.8) is 0 Å². The van der Waals surface area contributed by atoms with Gasteiger partial charge in [-0.2, -0.15) is 0 Å². The molecule has 7 nitrogen and oxygen atoms in total. The molecule has 0 saturated heterocycles. The topological polar surface area (TPSA) is 101 Å². The third kappa shape index (κ3) is 4.13. The van der Waals surface area contributed by atoms with E-state index in [1.807, 2.05) is 18.2 Å². The standard InChI is InChI=1S/C22H18N4O3S/c27-22(25-15-16-4-2-12-23-14-16)26-18-8-10-19(11-9-18)30(28,29)20-7-1-5-17-6-3-13-24-21(17)20/h1-14H,15H2,(H2,25,26,27). The van der Waals surface area contributed by atoms with Crippen molar-refractivity contribution >= 4 is 32.5 Å². The van der Waals surface area contributed by atoms with Crippen LogP contribution in [0.25, 0.3) is 10.9 Å². The van der Waals surface area contributed by atoms with Crippen LogP contribution in [0.3, 0.4) is 0 Å². The molecule has 2 aromatic heterocycles. The van der Waals surface area contributed by atoms with Crippen molar-refractivity contribution in [2.45, 2.75) is 16.3 Å². The molecule has 2 aromatic carbocycles. The van der Waals surface area contributed by atoms with Crippen molar-refractivity contribution in [2.75, 3.05) is 5.32 Å². The minimum Gasteiger partial charge on any atom is -0.334 e. The van der Waals surface area contributed by atoms with Crippen LogP contribution in [0.1, 0.15) is 5.56 Å². The lowest BCUT2D eigenvalue weighted by atomic mass is 10.2. The van der Waals surface area contributed by atoms with Gasteiger partial charge in [0.05, 0.1) is 15.3 Å². The van der Waals surface area contributed by atoms with Crippen LogP contribution >= 0.6 is 0 Å². The molecular formula is C22H18N4O3S. The van der Waals surface area contributed by atoms with Gasteiger partial charge in [0.1, 0.15) is 0 Å². The van der Waals surface area contributed by atoms with Crippen molar-refractivity contribution in [3.05, 3.63) is 90.9 Å². The molecule has 0 bridgehead atoms. The summed E-state index contributed by atoms with van der Waals surface area (Å²) in [4.78, 5) is 20.6. The van der Waals surface area contributed by atoms with Crippen LogP contribution in [0.2, 0.25) is 0 Å². The van der Waals surface area contributed by atoms with E-state index < -0.39 is 15.9 Å². The highest BCUT2D eigenvalue weighted by Crippen LogP contribution is 2.27. The number of fused-ring (bicyclic) bond motifs is 1. The van der Waals surface area contributed by atoms with Crippen LogP contribution in [0, 0.1) is 0 Å². The number of amides is 2. The number of para-hydroxylation sites is 1. The van der Waals surface area contributed by atoms with E-state index in [0.29, 0.717) is 17.7 Å².